The first-order valence-corrected chi connectivity index (χ1v) is 6.57. The number of primary amides is 1. The number of nitrogens with two attached hydrogens (primary N) is 1. The molecule has 0 spiro atoms. The Morgan fingerprint density at radius 1 is 1.61 bits per heavy atom. The predicted molar refractivity (Wildman–Crippen MR) is 72.9 cm³/mol. The van der Waals surface area contributed by atoms with E-state index in [1.165, 1.54) is 16.7 Å². The van der Waals surface area contributed by atoms with Crippen LogP contribution in [0.2, 0.25) is 0 Å². The van der Waals surface area contributed by atoms with Crippen molar-refractivity contribution in [3.63, 3.8) is 0 Å². The molecule has 0 radical (unpaired) electrons. The molecular weight excluding hydrogens is 272 g/mol. The molecule has 1 heterocycles. The normalized spacial score (nSPS) is 9.61. The summed E-state index contributed by atoms with van der Waals surface area (Å²) in [5, 5.41) is 3.34. The Kier molecular flexibility index (Phi) is 5.00. The maximum Gasteiger partial charge on any atom is 0.321 e. The number of amides is 3. The van der Waals surface area contributed by atoms with Crippen molar-refractivity contribution >= 4 is 40.2 Å². The molecule has 0 aromatic carbocycles. The summed E-state index contributed by atoms with van der Waals surface area (Å²) in [7, 11) is 3.18. The SMILES string of the molecule is C#CCSc1nsc(NC(=O)N(C)C)c1C(N)=O. The number of carbonyl (C=O) groups excluding carboxylic acids is 2. The van der Waals surface area contributed by atoms with Crippen LogP contribution in [0.25, 0.3) is 0 Å². The zero-order valence-electron chi connectivity index (χ0n) is 9.89. The second-order valence-corrected chi connectivity index (χ2v) is 5.11. The fourth-order valence-corrected chi connectivity index (χ4v) is 2.64. The molecular formula is C10H12N4O2S2. The van der Waals surface area contributed by atoms with Gasteiger partial charge in [0.1, 0.15) is 15.6 Å². The van der Waals surface area contributed by atoms with Crippen molar-refractivity contribution in [2.75, 3.05) is 25.2 Å². The second kappa shape index (κ2) is 6.28. The molecule has 1 rings (SSSR count). The molecule has 0 fully saturated rings. The van der Waals surface area contributed by atoms with Crippen molar-refractivity contribution in [3.8, 4) is 12.3 Å². The number of hydrogen-bond acceptors (Lipinski definition) is 5. The van der Waals surface area contributed by atoms with E-state index in [2.05, 4.69) is 15.6 Å². The van der Waals surface area contributed by atoms with Gasteiger partial charge in [0.15, 0.2) is 0 Å². The zero-order chi connectivity index (χ0) is 13.7. The minimum absolute atomic E-state index is 0.204. The fraction of sp³-hybridized carbons (Fsp3) is 0.300. The van der Waals surface area contributed by atoms with Crippen LogP contribution in [0.5, 0.6) is 0 Å². The third kappa shape index (κ3) is 3.38. The van der Waals surface area contributed by atoms with E-state index in [9.17, 15) is 9.59 Å². The van der Waals surface area contributed by atoms with Crippen LogP contribution in [-0.2, 0) is 0 Å². The Bertz CT molecular complexity index is 504. The molecule has 1 aromatic heterocycles. The summed E-state index contributed by atoms with van der Waals surface area (Å²) in [6.07, 6.45) is 5.14. The van der Waals surface area contributed by atoms with E-state index in [1.807, 2.05) is 0 Å². The van der Waals surface area contributed by atoms with Gasteiger partial charge in [-0.1, -0.05) is 17.7 Å². The molecule has 0 aliphatic heterocycles. The number of terminal acetylenes is 1. The molecule has 8 heteroatoms. The average Bonchev–Trinajstić information content (AvgIpc) is 2.69. The van der Waals surface area contributed by atoms with Gasteiger partial charge in [-0.3, -0.25) is 10.1 Å². The Morgan fingerprint density at radius 2 is 2.28 bits per heavy atom. The summed E-state index contributed by atoms with van der Waals surface area (Å²) in [5.74, 6) is 2.17. The van der Waals surface area contributed by atoms with E-state index < -0.39 is 5.91 Å². The number of carbonyl (C=O) groups is 2. The second-order valence-electron chi connectivity index (χ2n) is 3.37. The third-order valence-electron chi connectivity index (χ3n) is 1.83. The number of nitrogens with one attached hydrogen (secondary N) is 1. The maximum atomic E-state index is 11.5. The lowest BCUT2D eigenvalue weighted by Gasteiger charge is -2.10. The summed E-state index contributed by atoms with van der Waals surface area (Å²) in [6, 6.07) is -0.352. The Morgan fingerprint density at radius 3 is 2.78 bits per heavy atom. The predicted octanol–water partition coefficient (Wildman–Crippen LogP) is 1.06. The minimum atomic E-state index is -0.641. The lowest BCUT2D eigenvalue weighted by atomic mass is 10.3. The van der Waals surface area contributed by atoms with Gasteiger partial charge >= 0.3 is 6.03 Å². The molecule has 0 aliphatic carbocycles. The lowest BCUT2D eigenvalue weighted by molar-refractivity contribution is 0.0998. The van der Waals surface area contributed by atoms with Crippen molar-refractivity contribution in [3.05, 3.63) is 5.56 Å². The van der Waals surface area contributed by atoms with Crippen LogP contribution in [0.4, 0.5) is 9.80 Å². The van der Waals surface area contributed by atoms with Crippen LogP contribution in [0.1, 0.15) is 10.4 Å². The van der Waals surface area contributed by atoms with Gasteiger partial charge in [-0.05, 0) is 11.5 Å². The van der Waals surface area contributed by atoms with Gasteiger partial charge in [0.05, 0.1) is 5.75 Å². The summed E-state index contributed by atoms with van der Waals surface area (Å²) in [5.41, 5.74) is 5.49. The number of aromatic nitrogens is 1. The molecule has 3 N–H and O–H groups in total. The van der Waals surface area contributed by atoms with E-state index in [-0.39, 0.29) is 11.6 Å². The Hall–Kier alpha value is -1.72. The van der Waals surface area contributed by atoms with Gasteiger partial charge in [0, 0.05) is 14.1 Å². The van der Waals surface area contributed by atoms with Gasteiger partial charge < -0.3 is 10.6 Å². The van der Waals surface area contributed by atoms with Crippen LogP contribution in [0, 0.1) is 12.3 Å². The van der Waals surface area contributed by atoms with E-state index in [0.717, 1.165) is 11.5 Å². The summed E-state index contributed by atoms with van der Waals surface area (Å²) < 4.78 is 4.06. The molecule has 0 aliphatic rings. The highest BCUT2D eigenvalue weighted by molar-refractivity contribution is 7.99. The fourth-order valence-electron chi connectivity index (χ4n) is 0.996. The average molecular weight is 284 g/mol. The van der Waals surface area contributed by atoms with E-state index in [1.54, 1.807) is 14.1 Å². The van der Waals surface area contributed by atoms with E-state index >= 15 is 0 Å². The van der Waals surface area contributed by atoms with E-state index in [4.69, 9.17) is 12.2 Å². The van der Waals surface area contributed by atoms with Gasteiger partial charge in [0.2, 0.25) is 0 Å². The van der Waals surface area contributed by atoms with Crippen LogP contribution in [0.3, 0.4) is 0 Å². The van der Waals surface area contributed by atoms with E-state index in [0.29, 0.717) is 15.8 Å². The van der Waals surface area contributed by atoms with Gasteiger partial charge in [-0.25, -0.2) is 4.79 Å². The van der Waals surface area contributed by atoms with Crippen molar-refractivity contribution in [2.45, 2.75) is 5.03 Å². The van der Waals surface area contributed by atoms with Gasteiger partial charge in [0.25, 0.3) is 5.91 Å². The molecule has 1 aromatic rings. The van der Waals surface area contributed by atoms with Crippen LogP contribution >= 0.6 is 23.3 Å². The summed E-state index contributed by atoms with van der Waals surface area (Å²) >= 11 is 2.23. The first kappa shape index (κ1) is 14.3. The van der Waals surface area contributed by atoms with Crippen LogP contribution < -0.4 is 11.1 Å². The highest BCUT2D eigenvalue weighted by atomic mass is 32.2. The van der Waals surface area contributed by atoms with Gasteiger partial charge in [-0.15, -0.1) is 6.42 Å². The maximum absolute atomic E-state index is 11.5. The highest BCUT2D eigenvalue weighted by Gasteiger charge is 2.20. The number of hydrogen-bond donors (Lipinski definition) is 2. The quantitative estimate of drug-likeness (QED) is 0.639. The molecule has 6 nitrogen and oxygen atoms in total. The number of nitrogens with zero attached hydrogens (tertiary/aromatic N) is 2. The lowest BCUT2D eigenvalue weighted by Crippen LogP contribution is -2.28. The summed E-state index contributed by atoms with van der Waals surface area (Å²) in [6.45, 7) is 0. The Labute approximate surface area is 113 Å². The number of urea groups is 1. The molecule has 96 valence electrons. The topological polar surface area (TPSA) is 88.3 Å². The molecule has 0 unspecified atom stereocenters. The Balaban J connectivity index is 2.99. The number of thioether (sulfide) groups is 1. The number of rotatable bonds is 4. The standard InChI is InChI=1S/C10H12N4O2S2/c1-4-5-17-9-6(7(11)15)8(18-13-9)12-10(16)14(2)3/h1H,5H2,2-3H3,(H2,11,15)(H,12,16). The molecule has 3 amide bonds. The monoisotopic (exact) mass is 284 g/mol. The molecule has 0 saturated heterocycles. The van der Waals surface area contributed by atoms with Gasteiger partial charge in [-0.2, -0.15) is 4.37 Å². The van der Waals surface area contributed by atoms with Crippen molar-refractivity contribution in [1.82, 2.24) is 9.27 Å². The minimum Gasteiger partial charge on any atom is -0.365 e. The summed E-state index contributed by atoms with van der Waals surface area (Å²) in [4.78, 5) is 24.2. The first-order valence-electron chi connectivity index (χ1n) is 4.81. The number of anilines is 1. The smallest absolute Gasteiger partial charge is 0.321 e. The highest BCUT2D eigenvalue weighted by Crippen LogP contribution is 2.31. The van der Waals surface area contributed by atoms with Crippen molar-refractivity contribution in [2.24, 2.45) is 5.73 Å². The zero-order valence-corrected chi connectivity index (χ0v) is 11.5. The molecule has 0 atom stereocenters. The van der Waals surface area contributed by atoms with Crippen LogP contribution in [0.15, 0.2) is 5.03 Å². The van der Waals surface area contributed by atoms with Crippen molar-refractivity contribution < 1.29 is 9.59 Å². The first-order chi connectivity index (χ1) is 8.47. The van der Waals surface area contributed by atoms with Crippen molar-refractivity contribution in [1.29, 1.82) is 0 Å². The largest absolute Gasteiger partial charge is 0.365 e. The third-order valence-corrected chi connectivity index (χ3v) is 3.58. The molecule has 0 bridgehead atoms. The molecule has 0 saturated carbocycles. The van der Waals surface area contributed by atoms with Crippen LogP contribution in [-0.4, -0.2) is 41.1 Å². The molecule has 18 heavy (non-hydrogen) atoms.